The Balaban J connectivity index is 2.23. The number of fused-ring (bicyclic) bond motifs is 1. The van der Waals surface area contributed by atoms with E-state index < -0.39 is 22.4 Å². The van der Waals surface area contributed by atoms with Crippen LogP contribution in [0.1, 0.15) is 23.3 Å². The third kappa shape index (κ3) is 1.60. The molecule has 0 saturated heterocycles. The molecule has 84 valence electrons. The van der Waals surface area contributed by atoms with Crippen LogP contribution >= 0.6 is 0 Å². The first-order valence-electron chi connectivity index (χ1n) is 4.30. The van der Waals surface area contributed by atoms with Crippen molar-refractivity contribution in [2.75, 3.05) is 0 Å². The molecule has 8 nitrogen and oxygen atoms in total. The van der Waals surface area contributed by atoms with Crippen molar-refractivity contribution < 1.29 is 19.8 Å². The molecule has 1 aromatic carbocycles. The predicted molar refractivity (Wildman–Crippen MR) is 48.1 cm³/mol. The highest BCUT2D eigenvalue weighted by atomic mass is 17.0. The molecule has 16 heavy (non-hydrogen) atoms. The molecule has 0 saturated carbocycles. The molecule has 0 radical (unpaired) electrons. The second kappa shape index (κ2) is 3.65. The van der Waals surface area contributed by atoms with Crippen LogP contribution in [0.25, 0.3) is 0 Å². The molecule has 2 rings (SSSR count). The van der Waals surface area contributed by atoms with Crippen LogP contribution in [0.2, 0.25) is 0 Å². The Morgan fingerprint density at radius 1 is 0.938 bits per heavy atom. The van der Waals surface area contributed by atoms with Crippen LogP contribution in [-0.2, 0) is 9.68 Å². The Bertz CT molecular complexity index is 407. The maximum absolute atomic E-state index is 10.2. The summed E-state index contributed by atoms with van der Waals surface area (Å²) < 4.78 is 0. The molecule has 0 N–H and O–H groups in total. The molecule has 0 aromatic heterocycles. The van der Waals surface area contributed by atoms with Crippen molar-refractivity contribution in [3.8, 4) is 0 Å². The van der Waals surface area contributed by atoms with Crippen LogP contribution in [0.15, 0.2) is 24.3 Å². The van der Waals surface area contributed by atoms with Gasteiger partial charge in [-0.1, -0.05) is 24.3 Å². The van der Waals surface area contributed by atoms with Crippen LogP contribution in [0.3, 0.4) is 0 Å². The van der Waals surface area contributed by atoms with Gasteiger partial charge >= 0.3 is 0 Å². The van der Waals surface area contributed by atoms with Gasteiger partial charge in [0.15, 0.2) is 12.2 Å². The Labute approximate surface area is 88.6 Å². The molecule has 0 aliphatic heterocycles. The Hall–Kier alpha value is -2.38. The summed E-state index contributed by atoms with van der Waals surface area (Å²) in [4.78, 5) is 29.0. The zero-order chi connectivity index (χ0) is 11.7. The number of benzene rings is 1. The fourth-order valence-corrected chi connectivity index (χ4v) is 1.67. The minimum atomic E-state index is -1.03. The summed E-state index contributed by atoms with van der Waals surface area (Å²) >= 11 is 0. The molecule has 8 heteroatoms. The van der Waals surface area contributed by atoms with E-state index in [9.17, 15) is 20.2 Å². The lowest BCUT2D eigenvalue weighted by molar-refractivity contribution is -0.806. The Kier molecular flexibility index (Phi) is 2.31. The summed E-state index contributed by atoms with van der Waals surface area (Å²) in [6.45, 7) is 0. The second-order valence-electron chi connectivity index (χ2n) is 3.13. The van der Waals surface area contributed by atoms with Gasteiger partial charge < -0.3 is 9.68 Å². The first-order chi connectivity index (χ1) is 7.59. The third-order valence-corrected chi connectivity index (χ3v) is 2.28. The van der Waals surface area contributed by atoms with Gasteiger partial charge in [0.2, 0.25) is 0 Å². The normalized spacial score (nSPS) is 21.5. The summed E-state index contributed by atoms with van der Waals surface area (Å²) in [6.07, 6.45) is -2.06. The Morgan fingerprint density at radius 2 is 1.31 bits per heavy atom. The van der Waals surface area contributed by atoms with Crippen molar-refractivity contribution >= 4 is 0 Å². The molecule has 1 aliphatic rings. The van der Waals surface area contributed by atoms with E-state index in [0.717, 1.165) is 0 Å². The molecule has 0 bridgehead atoms. The minimum Gasteiger partial charge on any atom is -0.303 e. The highest BCUT2D eigenvalue weighted by Gasteiger charge is 2.43. The van der Waals surface area contributed by atoms with Gasteiger partial charge in [-0.15, -0.1) is 20.2 Å². The van der Waals surface area contributed by atoms with E-state index in [1.807, 2.05) is 0 Å². The van der Waals surface area contributed by atoms with Crippen LogP contribution in [0.5, 0.6) is 0 Å². The van der Waals surface area contributed by atoms with Crippen LogP contribution in [0.4, 0.5) is 0 Å². The topological polar surface area (TPSA) is 105 Å². The quantitative estimate of drug-likeness (QED) is 0.564. The van der Waals surface area contributed by atoms with Gasteiger partial charge in [0, 0.05) is 0 Å². The second-order valence-corrected chi connectivity index (χ2v) is 3.13. The number of rotatable bonds is 4. The van der Waals surface area contributed by atoms with E-state index in [4.69, 9.17) is 0 Å². The van der Waals surface area contributed by atoms with E-state index >= 15 is 0 Å². The van der Waals surface area contributed by atoms with Gasteiger partial charge in [0.1, 0.15) is 0 Å². The molecule has 0 amide bonds. The van der Waals surface area contributed by atoms with Gasteiger partial charge in [-0.05, 0) is 11.1 Å². The van der Waals surface area contributed by atoms with E-state index in [1.54, 1.807) is 24.3 Å². The van der Waals surface area contributed by atoms with Crippen molar-refractivity contribution in [1.29, 1.82) is 0 Å². The molecule has 0 spiro atoms. The van der Waals surface area contributed by atoms with Gasteiger partial charge in [-0.2, -0.15) is 0 Å². The molecular formula is C8H6N2O6. The van der Waals surface area contributed by atoms with Crippen LogP contribution < -0.4 is 0 Å². The number of hydrogen-bond acceptors (Lipinski definition) is 6. The highest BCUT2D eigenvalue weighted by molar-refractivity contribution is 5.41. The van der Waals surface area contributed by atoms with Crippen LogP contribution in [-0.4, -0.2) is 10.2 Å². The summed E-state index contributed by atoms with van der Waals surface area (Å²) in [5.41, 5.74) is 1.07. The average Bonchev–Trinajstić information content (AvgIpc) is 2.23. The number of nitrogens with zero attached hydrogens (tertiary/aromatic N) is 2. The van der Waals surface area contributed by atoms with Crippen molar-refractivity contribution in [3.63, 3.8) is 0 Å². The van der Waals surface area contributed by atoms with Gasteiger partial charge in [-0.3, -0.25) is 0 Å². The first-order valence-corrected chi connectivity index (χ1v) is 4.30. The predicted octanol–water partition coefficient (Wildman–Crippen LogP) is 1.20. The SMILES string of the molecule is O=[N+]([O-])O[C@@H]1c2ccccc2[C@@H]1O[N+](=O)[O-]. The van der Waals surface area contributed by atoms with Crippen molar-refractivity contribution in [3.05, 3.63) is 55.6 Å². The lowest BCUT2D eigenvalue weighted by Gasteiger charge is -2.35. The van der Waals surface area contributed by atoms with Gasteiger partial charge in [0.25, 0.3) is 10.2 Å². The summed E-state index contributed by atoms with van der Waals surface area (Å²) in [7, 11) is 0. The van der Waals surface area contributed by atoms with Crippen molar-refractivity contribution in [1.82, 2.24) is 0 Å². The lowest BCUT2D eigenvalue weighted by Crippen LogP contribution is -2.31. The standard InChI is InChI=1S/C8H6N2O6/c11-9(12)15-7-5-3-1-2-4-6(5)8(7)16-10(13)14/h1-4,7-8H/t7-,8+. The van der Waals surface area contributed by atoms with E-state index in [1.165, 1.54) is 0 Å². The van der Waals surface area contributed by atoms with Gasteiger partial charge in [-0.25, -0.2) is 0 Å². The minimum absolute atomic E-state index is 0.533. The highest BCUT2D eigenvalue weighted by Crippen LogP contribution is 2.47. The summed E-state index contributed by atoms with van der Waals surface area (Å²) in [5, 5.41) is 18.4. The zero-order valence-electron chi connectivity index (χ0n) is 7.81. The molecule has 0 heterocycles. The molecule has 0 fully saturated rings. The van der Waals surface area contributed by atoms with Gasteiger partial charge in [0.05, 0.1) is 0 Å². The molecular weight excluding hydrogens is 220 g/mol. The molecule has 0 unspecified atom stereocenters. The lowest BCUT2D eigenvalue weighted by atomic mass is 9.82. The van der Waals surface area contributed by atoms with Crippen molar-refractivity contribution in [2.45, 2.75) is 12.2 Å². The maximum Gasteiger partial charge on any atom is 0.295 e. The van der Waals surface area contributed by atoms with E-state index in [-0.39, 0.29) is 0 Å². The molecule has 1 aliphatic carbocycles. The first kappa shape index (κ1) is 10.1. The maximum atomic E-state index is 10.2. The van der Waals surface area contributed by atoms with E-state index in [0.29, 0.717) is 11.1 Å². The van der Waals surface area contributed by atoms with Crippen LogP contribution in [0, 0.1) is 20.2 Å². The molecule has 1 aromatic rings. The van der Waals surface area contributed by atoms with E-state index in [2.05, 4.69) is 9.68 Å². The number of hydrogen-bond donors (Lipinski definition) is 0. The fraction of sp³-hybridized carbons (Fsp3) is 0.250. The fourth-order valence-electron chi connectivity index (χ4n) is 1.67. The largest absolute Gasteiger partial charge is 0.303 e. The Morgan fingerprint density at radius 3 is 1.62 bits per heavy atom. The summed E-state index contributed by atoms with van der Waals surface area (Å²) in [6, 6.07) is 6.53. The third-order valence-electron chi connectivity index (χ3n) is 2.28. The zero-order valence-corrected chi connectivity index (χ0v) is 7.81. The van der Waals surface area contributed by atoms with Crippen molar-refractivity contribution in [2.24, 2.45) is 0 Å². The average molecular weight is 226 g/mol. The molecule has 2 atom stereocenters. The monoisotopic (exact) mass is 226 g/mol. The summed E-state index contributed by atoms with van der Waals surface area (Å²) in [5.74, 6) is 0. The smallest absolute Gasteiger partial charge is 0.295 e.